The Morgan fingerprint density at radius 2 is 2.05 bits per heavy atom. The van der Waals surface area contributed by atoms with Gasteiger partial charge in [0, 0.05) is 37.7 Å². The number of benzene rings is 1. The highest BCUT2D eigenvalue weighted by Crippen LogP contribution is 2.23. The van der Waals surface area contributed by atoms with E-state index in [0.717, 1.165) is 16.8 Å². The zero-order chi connectivity index (χ0) is 15.4. The number of nitrogens with zero attached hydrogens (tertiary/aromatic N) is 2. The molecule has 0 fully saturated rings. The Kier molecular flexibility index (Phi) is 4.58. The molecule has 2 aromatic rings. The first-order valence-corrected chi connectivity index (χ1v) is 6.98. The summed E-state index contributed by atoms with van der Waals surface area (Å²) in [7, 11) is 3.51. The summed E-state index contributed by atoms with van der Waals surface area (Å²) in [5, 5.41) is 3.45. The molecule has 0 saturated heterocycles. The number of carbonyl (C=O) groups is 1. The highest BCUT2D eigenvalue weighted by atomic mass is 16.2. The number of hydrogen-bond donors (Lipinski definition) is 1. The fourth-order valence-electron chi connectivity index (χ4n) is 2.12. The van der Waals surface area contributed by atoms with Crippen LogP contribution in [0.4, 0.5) is 5.69 Å². The smallest absolute Gasteiger partial charge is 0.253 e. The van der Waals surface area contributed by atoms with E-state index in [1.165, 1.54) is 0 Å². The zero-order valence-corrected chi connectivity index (χ0v) is 12.9. The number of rotatable bonds is 4. The summed E-state index contributed by atoms with van der Waals surface area (Å²) in [4.78, 5) is 17.8. The lowest BCUT2D eigenvalue weighted by atomic mass is 10.1. The maximum absolute atomic E-state index is 12.1. The molecule has 1 N–H and O–H groups in total. The van der Waals surface area contributed by atoms with Crippen molar-refractivity contribution in [3.05, 3.63) is 59.4 Å². The van der Waals surface area contributed by atoms with Crippen molar-refractivity contribution in [2.24, 2.45) is 0 Å². The SMILES string of the molecule is Cc1ccc(C(=O)N(C)C)cc1NC(C)c1cccnc1. The largest absolute Gasteiger partial charge is 0.378 e. The van der Waals surface area contributed by atoms with Crippen LogP contribution in [-0.4, -0.2) is 29.9 Å². The maximum Gasteiger partial charge on any atom is 0.253 e. The Balaban J connectivity index is 2.23. The molecule has 21 heavy (non-hydrogen) atoms. The van der Waals surface area contributed by atoms with Gasteiger partial charge in [-0.1, -0.05) is 12.1 Å². The van der Waals surface area contributed by atoms with E-state index in [-0.39, 0.29) is 11.9 Å². The van der Waals surface area contributed by atoms with E-state index in [2.05, 4.69) is 17.2 Å². The minimum atomic E-state index is 0.00656. The molecule has 4 heteroatoms. The number of anilines is 1. The standard InChI is InChI=1S/C17H21N3O/c1-12-7-8-14(17(21)20(3)4)10-16(12)19-13(2)15-6-5-9-18-11-15/h5-11,13,19H,1-4H3. The van der Waals surface area contributed by atoms with Gasteiger partial charge < -0.3 is 10.2 Å². The van der Waals surface area contributed by atoms with Crippen LogP contribution in [-0.2, 0) is 0 Å². The van der Waals surface area contributed by atoms with Gasteiger partial charge in [-0.05, 0) is 43.2 Å². The van der Waals surface area contributed by atoms with Gasteiger partial charge in [-0.15, -0.1) is 0 Å². The topological polar surface area (TPSA) is 45.2 Å². The number of nitrogens with one attached hydrogen (secondary N) is 1. The summed E-state index contributed by atoms with van der Waals surface area (Å²) in [5.74, 6) is 0.00656. The maximum atomic E-state index is 12.1. The molecule has 2 rings (SSSR count). The minimum Gasteiger partial charge on any atom is -0.378 e. The van der Waals surface area contributed by atoms with Crippen LogP contribution in [0, 0.1) is 6.92 Å². The number of amides is 1. The van der Waals surface area contributed by atoms with E-state index in [1.807, 2.05) is 43.5 Å². The van der Waals surface area contributed by atoms with Gasteiger partial charge in [-0.2, -0.15) is 0 Å². The van der Waals surface area contributed by atoms with Crippen LogP contribution in [0.5, 0.6) is 0 Å². The van der Waals surface area contributed by atoms with Gasteiger partial charge in [0.2, 0.25) is 0 Å². The first kappa shape index (κ1) is 15.0. The second-order valence-electron chi connectivity index (χ2n) is 5.38. The molecular weight excluding hydrogens is 262 g/mol. The van der Waals surface area contributed by atoms with Crippen LogP contribution in [0.25, 0.3) is 0 Å². The number of carbonyl (C=O) groups excluding carboxylic acids is 1. The average molecular weight is 283 g/mol. The molecule has 1 aromatic carbocycles. The number of aromatic nitrogens is 1. The molecule has 0 bridgehead atoms. The second-order valence-corrected chi connectivity index (χ2v) is 5.38. The Morgan fingerprint density at radius 1 is 1.29 bits per heavy atom. The van der Waals surface area contributed by atoms with Crippen molar-refractivity contribution in [3.8, 4) is 0 Å². The van der Waals surface area contributed by atoms with Crippen LogP contribution in [0.2, 0.25) is 0 Å². The second kappa shape index (κ2) is 6.39. The predicted octanol–water partition coefficient (Wildman–Crippen LogP) is 3.26. The van der Waals surface area contributed by atoms with E-state index in [0.29, 0.717) is 5.56 Å². The zero-order valence-electron chi connectivity index (χ0n) is 12.9. The molecule has 1 amide bonds. The molecule has 1 unspecified atom stereocenters. The van der Waals surface area contributed by atoms with Crippen molar-refractivity contribution in [2.75, 3.05) is 19.4 Å². The lowest BCUT2D eigenvalue weighted by molar-refractivity contribution is 0.0827. The third-order valence-corrected chi connectivity index (χ3v) is 3.45. The molecule has 0 aliphatic carbocycles. The Labute approximate surface area is 125 Å². The molecule has 0 radical (unpaired) electrons. The van der Waals surface area contributed by atoms with Crippen LogP contribution >= 0.6 is 0 Å². The summed E-state index contributed by atoms with van der Waals surface area (Å²) in [6.07, 6.45) is 3.61. The molecule has 1 atom stereocenters. The number of hydrogen-bond acceptors (Lipinski definition) is 3. The molecule has 1 heterocycles. The Hall–Kier alpha value is -2.36. The molecule has 0 spiro atoms. The van der Waals surface area contributed by atoms with Crippen molar-refractivity contribution in [1.82, 2.24) is 9.88 Å². The molecular formula is C17H21N3O. The van der Waals surface area contributed by atoms with E-state index < -0.39 is 0 Å². The fourth-order valence-corrected chi connectivity index (χ4v) is 2.12. The van der Waals surface area contributed by atoms with Crippen LogP contribution in [0.15, 0.2) is 42.7 Å². The summed E-state index contributed by atoms with van der Waals surface area (Å²) < 4.78 is 0. The van der Waals surface area contributed by atoms with Crippen molar-refractivity contribution >= 4 is 11.6 Å². The van der Waals surface area contributed by atoms with Crippen LogP contribution in [0.1, 0.15) is 34.5 Å². The average Bonchev–Trinajstić information content (AvgIpc) is 2.49. The summed E-state index contributed by atoms with van der Waals surface area (Å²) in [6, 6.07) is 9.82. The lowest BCUT2D eigenvalue weighted by Gasteiger charge is -2.18. The molecule has 1 aromatic heterocycles. The highest BCUT2D eigenvalue weighted by molar-refractivity contribution is 5.95. The van der Waals surface area contributed by atoms with Gasteiger partial charge in [-0.3, -0.25) is 9.78 Å². The molecule has 0 saturated carbocycles. The van der Waals surface area contributed by atoms with Crippen molar-refractivity contribution in [3.63, 3.8) is 0 Å². The monoisotopic (exact) mass is 283 g/mol. The quantitative estimate of drug-likeness (QED) is 0.936. The van der Waals surface area contributed by atoms with Gasteiger partial charge in [0.05, 0.1) is 6.04 Å². The fraction of sp³-hybridized carbons (Fsp3) is 0.294. The minimum absolute atomic E-state index is 0.00656. The van der Waals surface area contributed by atoms with E-state index in [1.54, 1.807) is 25.2 Å². The van der Waals surface area contributed by atoms with Crippen LogP contribution in [0.3, 0.4) is 0 Å². The van der Waals surface area contributed by atoms with Crippen LogP contribution < -0.4 is 5.32 Å². The molecule has 110 valence electrons. The Morgan fingerprint density at radius 3 is 2.67 bits per heavy atom. The summed E-state index contributed by atoms with van der Waals surface area (Å²) in [6.45, 7) is 4.11. The van der Waals surface area contributed by atoms with Gasteiger partial charge in [0.15, 0.2) is 0 Å². The highest BCUT2D eigenvalue weighted by Gasteiger charge is 2.12. The summed E-state index contributed by atoms with van der Waals surface area (Å²) >= 11 is 0. The Bertz CT molecular complexity index is 623. The van der Waals surface area contributed by atoms with E-state index >= 15 is 0 Å². The van der Waals surface area contributed by atoms with Gasteiger partial charge in [0.1, 0.15) is 0 Å². The van der Waals surface area contributed by atoms with Crippen molar-refractivity contribution in [2.45, 2.75) is 19.9 Å². The predicted molar refractivity (Wildman–Crippen MR) is 85.5 cm³/mol. The lowest BCUT2D eigenvalue weighted by Crippen LogP contribution is -2.22. The normalized spacial score (nSPS) is 11.8. The van der Waals surface area contributed by atoms with Crippen molar-refractivity contribution in [1.29, 1.82) is 0 Å². The van der Waals surface area contributed by atoms with E-state index in [9.17, 15) is 4.79 Å². The number of pyridine rings is 1. The van der Waals surface area contributed by atoms with Gasteiger partial charge >= 0.3 is 0 Å². The third-order valence-electron chi connectivity index (χ3n) is 3.45. The first-order chi connectivity index (χ1) is 9.99. The first-order valence-electron chi connectivity index (χ1n) is 6.98. The van der Waals surface area contributed by atoms with E-state index in [4.69, 9.17) is 0 Å². The molecule has 0 aliphatic rings. The number of aryl methyl sites for hydroxylation is 1. The van der Waals surface area contributed by atoms with Crippen molar-refractivity contribution < 1.29 is 4.79 Å². The van der Waals surface area contributed by atoms with Gasteiger partial charge in [0.25, 0.3) is 5.91 Å². The van der Waals surface area contributed by atoms with Gasteiger partial charge in [-0.25, -0.2) is 0 Å². The summed E-state index contributed by atoms with van der Waals surface area (Å²) in [5.41, 5.74) is 3.88. The molecule has 0 aliphatic heterocycles. The molecule has 4 nitrogen and oxygen atoms in total. The third kappa shape index (κ3) is 3.60.